The molecule has 19 heavy (non-hydrogen) atoms. The molecule has 0 saturated carbocycles. The molecule has 2 nitrogen and oxygen atoms in total. The minimum absolute atomic E-state index is 0.242. The third kappa shape index (κ3) is 3.14. The maximum Gasteiger partial charge on any atom is 0.130 e. The molecule has 2 aromatic carbocycles. The molecule has 100 valence electrons. The number of benzene rings is 2. The zero-order valence-electron chi connectivity index (χ0n) is 10.4. The molecule has 2 rings (SSSR count). The first kappa shape index (κ1) is 14.0. The summed E-state index contributed by atoms with van der Waals surface area (Å²) in [5, 5.41) is 10.3. The lowest BCUT2D eigenvalue weighted by atomic mass is 10.0. The molecule has 4 heteroatoms. The lowest BCUT2D eigenvalue weighted by molar-refractivity contribution is 0.214. The second-order valence-electron chi connectivity index (χ2n) is 4.04. The molecule has 1 N–H and O–H groups in total. The number of aliphatic hydroxyl groups is 1. The second-order valence-corrected chi connectivity index (χ2v) is 4.89. The van der Waals surface area contributed by atoms with E-state index in [4.69, 9.17) is 4.74 Å². The molecule has 0 saturated heterocycles. The van der Waals surface area contributed by atoms with Crippen LogP contribution in [0.3, 0.4) is 0 Å². The van der Waals surface area contributed by atoms with E-state index in [0.717, 1.165) is 5.75 Å². The molecule has 0 bridgehead atoms. The predicted molar refractivity (Wildman–Crippen MR) is 75.8 cm³/mol. The average Bonchev–Trinajstić information content (AvgIpc) is 2.39. The van der Waals surface area contributed by atoms with Crippen LogP contribution in [0.5, 0.6) is 5.75 Å². The van der Waals surface area contributed by atoms with Gasteiger partial charge in [0.2, 0.25) is 0 Å². The Morgan fingerprint density at radius 3 is 2.47 bits per heavy atom. The maximum absolute atomic E-state index is 13.8. The van der Waals surface area contributed by atoms with E-state index in [-0.39, 0.29) is 5.56 Å². The Balaban J connectivity index is 2.31. The van der Waals surface area contributed by atoms with Crippen LogP contribution >= 0.6 is 15.9 Å². The topological polar surface area (TPSA) is 29.5 Å². The van der Waals surface area contributed by atoms with Crippen LogP contribution < -0.4 is 4.74 Å². The lowest BCUT2D eigenvalue weighted by Crippen LogP contribution is -2.04. The number of halogens is 2. The summed E-state index contributed by atoms with van der Waals surface area (Å²) in [5.41, 5.74) is 0.862. The van der Waals surface area contributed by atoms with Gasteiger partial charge in [0.25, 0.3) is 0 Å². The SMILES string of the molecule is CCOc1ccc(C(O)c2c(F)cccc2Br)cc1. The quantitative estimate of drug-likeness (QED) is 0.918. The van der Waals surface area contributed by atoms with Crippen molar-refractivity contribution in [3.63, 3.8) is 0 Å². The molecule has 0 aliphatic carbocycles. The first-order valence-corrected chi connectivity index (χ1v) is 6.77. The number of hydrogen-bond acceptors (Lipinski definition) is 2. The van der Waals surface area contributed by atoms with Gasteiger partial charge in [-0.3, -0.25) is 0 Å². The van der Waals surface area contributed by atoms with Gasteiger partial charge in [-0.2, -0.15) is 0 Å². The highest BCUT2D eigenvalue weighted by atomic mass is 79.9. The van der Waals surface area contributed by atoms with Gasteiger partial charge in [-0.15, -0.1) is 0 Å². The van der Waals surface area contributed by atoms with Crippen LogP contribution in [0.4, 0.5) is 4.39 Å². The zero-order chi connectivity index (χ0) is 13.8. The molecule has 0 fully saturated rings. The van der Waals surface area contributed by atoms with Gasteiger partial charge in [0.05, 0.1) is 6.61 Å². The molecule has 0 spiro atoms. The van der Waals surface area contributed by atoms with Crippen LogP contribution in [-0.4, -0.2) is 11.7 Å². The normalized spacial score (nSPS) is 12.2. The smallest absolute Gasteiger partial charge is 0.130 e. The van der Waals surface area contributed by atoms with Crippen molar-refractivity contribution in [2.45, 2.75) is 13.0 Å². The zero-order valence-corrected chi connectivity index (χ0v) is 12.0. The van der Waals surface area contributed by atoms with Crippen molar-refractivity contribution in [2.24, 2.45) is 0 Å². The Kier molecular flexibility index (Phi) is 4.56. The molecule has 1 atom stereocenters. The van der Waals surface area contributed by atoms with Gasteiger partial charge < -0.3 is 9.84 Å². The van der Waals surface area contributed by atoms with Crippen molar-refractivity contribution in [3.8, 4) is 5.75 Å². The summed E-state index contributed by atoms with van der Waals surface area (Å²) in [7, 11) is 0. The second kappa shape index (κ2) is 6.17. The first-order valence-electron chi connectivity index (χ1n) is 5.98. The number of aliphatic hydroxyl groups excluding tert-OH is 1. The molecule has 0 aromatic heterocycles. The number of hydrogen-bond donors (Lipinski definition) is 1. The Bertz CT molecular complexity index is 534. The van der Waals surface area contributed by atoms with Gasteiger partial charge >= 0.3 is 0 Å². The number of ether oxygens (including phenoxy) is 1. The molecule has 0 heterocycles. The van der Waals surface area contributed by atoms with Crippen LogP contribution in [-0.2, 0) is 0 Å². The molecular formula is C15H14BrFO2. The van der Waals surface area contributed by atoms with E-state index in [9.17, 15) is 9.50 Å². The Morgan fingerprint density at radius 1 is 1.21 bits per heavy atom. The van der Waals surface area contributed by atoms with Gasteiger partial charge in [-0.25, -0.2) is 4.39 Å². The van der Waals surface area contributed by atoms with Crippen molar-refractivity contribution < 1.29 is 14.2 Å². The summed E-state index contributed by atoms with van der Waals surface area (Å²) in [4.78, 5) is 0. The molecule has 2 aromatic rings. The molecule has 1 unspecified atom stereocenters. The van der Waals surface area contributed by atoms with E-state index < -0.39 is 11.9 Å². The minimum Gasteiger partial charge on any atom is -0.494 e. The third-order valence-electron chi connectivity index (χ3n) is 2.78. The van der Waals surface area contributed by atoms with Crippen molar-refractivity contribution in [3.05, 3.63) is 63.9 Å². The fourth-order valence-corrected chi connectivity index (χ4v) is 2.41. The van der Waals surface area contributed by atoms with Crippen LogP contribution in [0.15, 0.2) is 46.9 Å². The summed E-state index contributed by atoms with van der Waals surface area (Å²) in [6.45, 7) is 2.49. The van der Waals surface area contributed by atoms with Crippen LogP contribution in [0.25, 0.3) is 0 Å². The monoisotopic (exact) mass is 324 g/mol. The highest BCUT2D eigenvalue weighted by Crippen LogP contribution is 2.31. The first-order chi connectivity index (χ1) is 9.13. The van der Waals surface area contributed by atoms with Crippen molar-refractivity contribution in [1.82, 2.24) is 0 Å². The van der Waals surface area contributed by atoms with E-state index in [2.05, 4.69) is 15.9 Å². The van der Waals surface area contributed by atoms with Crippen LogP contribution in [0, 0.1) is 5.82 Å². The molecule has 0 amide bonds. The largest absolute Gasteiger partial charge is 0.494 e. The van der Waals surface area contributed by atoms with Crippen LogP contribution in [0.2, 0.25) is 0 Å². The summed E-state index contributed by atoms with van der Waals surface area (Å²) in [5.74, 6) is 0.293. The van der Waals surface area contributed by atoms with Crippen LogP contribution in [0.1, 0.15) is 24.2 Å². The van der Waals surface area contributed by atoms with Crippen molar-refractivity contribution in [2.75, 3.05) is 6.61 Å². The Labute approximate surface area is 120 Å². The molecular weight excluding hydrogens is 311 g/mol. The Morgan fingerprint density at radius 2 is 1.89 bits per heavy atom. The van der Waals surface area contributed by atoms with E-state index in [1.165, 1.54) is 6.07 Å². The fraction of sp³-hybridized carbons (Fsp3) is 0.200. The summed E-state index contributed by atoms with van der Waals surface area (Å²) in [6, 6.07) is 11.6. The third-order valence-corrected chi connectivity index (χ3v) is 3.47. The van der Waals surface area contributed by atoms with Gasteiger partial charge in [-0.1, -0.05) is 34.1 Å². The molecule has 0 radical (unpaired) electrons. The van der Waals surface area contributed by atoms with Gasteiger partial charge in [0.15, 0.2) is 0 Å². The van der Waals surface area contributed by atoms with E-state index in [1.807, 2.05) is 6.92 Å². The minimum atomic E-state index is -1.01. The van der Waals surface area contributed by atoms with Crippen molar-refractivity contribution in [1.29, 1.82) is 0 Å². The Hall–Kier alpha value is -1.39. The molecule has 0 aliphatic heterocycles. The van der Waals surface area contributed by atoms with E-state index in [1.54, 1.807) is 36.4 Å². The average molecular weight is 325 g/mol. The van der Waals surface area contributed by atoms with E-state index in [0.29, 0.717) is 16.6 Å². The van der Waals surface area contributed by atoms with Gasteiger partial charge in [0.1, 0.15) is 17.7 Å². The predicted octanol–water partition coefficient (Wildman–Crippen LogP) is 4.07. The highest BCUT2D eigenvalue weighted by Gasteiger charge is 2.17. The highest BCUT2D eigenvalue weighted by molar-refractivity contribution is 9.10. The number of rotatable bonds is 4. The van der Waals surface area contributed by atoms with Gasteiger partial charge in [-0.05, 0) is 36.8 Å². The van der Waals surface area contributed by atoms with Crippen molar-refractivity contribution >= 4 is 15.9 Å². The summed E-state index contributed by atoms with van der Waals surface area (Å²) >= 11 is 3.26. The summed E-state index contributed by atoms with van der Waals surface area (Å²) < 4.78 is 19.7. The van der Waals surface area contributed by atoms with Gasteiger partial charge in [0, 0.05) is 10.0 Å². The molecule has 0 aliphatic rings. The standard InChI is InChI=1S/C15H14BrFO2/c1-2-19-11-8-6-10(7-9-11)15(18)14-12(16)4-3-5-13(14)17/h3-9,15,18H,2H2,1H3. The maximum atomic E-state index is 13.8. The van der Waals surface area contributed by atoms with E-state index >= 15 is 0 Å². The lowest BCUT2D eigenvalue weighted by Gasteiger charge is -2.14. The fourth-order valence-electron chi connectivity index (χ4n) is 1.85. The summed E-state index contributed by atoms with van der Waals surface area (Å²) in [6.07, 6.45) is -1.01.